The molecule has 0 aliphatic heterocycles. The van der Waals surface area contributed by atoms with Crippen LogP contribution in [0.5, 0.6) is 0 Å². The quantitative estimate of drug-likeness (QED) is 0.145. The van der Waals surface area contributed by atoms with Crippen LogP contribution in [0.1, 0.15) is 11.1 Å². The molecule has 0 atom stereocenters. The van der Waals surface area contributed by atoms with Crippen LogP contribution in [-0.4, -0.2) is 13.3 Å². The van der Waals surface area contributed by atoms with Gasteiger partial charge in [0.1, 0.15) is 0 Å². The molecule has 2 heteroatoms. The van der Waals surface area contributed by atoms with E-state index in [1.807, 2.05) is 6.07 Å². The summed E-state index contributed by atoms with van der Waals surface area (Å²) in [5.74, 6) is 0. The van der Waals surface area contributed by atoms with Crippen LogP contribution in [0.4, 0.5) is 0 Å². The standard InChI is InChI=1S/C13H9.C11H12P.Hf/c1-3-7-12-10(5-1)9-11-6-2-4-8-13(11)12;1-12(2)11-7-9-5-3-4-6-10(9)8-11;/h1-5,7-8H,9H2;3-8H,1-2H3;/q2*-1;. The topological polar surface area (TPSA) is 0 Å². The van der Waals surface area contributed by atoms with Crippen molar-refractivity contribution in [3.8, 4) is 11.1 Å². The Balaban J connectivity index is 0.000000146. The molecular formula is C24H21HfP-2. The van der Waals surface area contributed by atoms with Gasteiger partial charge in [0.2, 0.25) is 0 Å². The fourth-order valence-electron chi connectivity index (χ4n) is 3.39. The fourth-order valence-corrected chi connectivity index (χ4v) is 4.18. The molecule has 0 saturated heterocycles. The second-order valence-corrected chi connectivity index (χ2v) is 8.94. The zero-order valence-electron chi connectivity index (χ0n) is 15.2. The Labute approximate surface area is 176 Å². The Morgan fingerprint density at radius 3 is 2.42 bits per heavy atom. The van der Waals surface area contributed by atoms with Gasteiger partial charge in [-0.2, -0.15) is 35.9 Å². The Morgan fingerprint density at radius 2 is 1.62 bits per heavy atom. The zero-order valence-corrected chi connectivity index (χ0v) is 19.6. The minimum absolute atomic E-state index is 0. The fraction of sp³-hybridized carbons (Fsp3) is 0.125. The first-order chi connectivity index (χ1) is 12.2. The number of benzene rings is 3. The van der Waals surface area contributed by atoms with E-state index in [4.69, 9.17) is 0 Å². The van der Waals surface area contributed by atoms with Crippen molar-refractivity contribution in [3.63, 3.8) is 0 Å². The van der Waals surface area contributed by atoms with Crippen molar-refractivity contribution in [3.05, 3.63) is 96.1 Å². The van der Waals surface area contributed by atoms with Crippen molar-refractivity contribution in [2.45, 2.75) is 6.42 Å². The van der Waals surface area contributed by atoms with E-state index in [0.717, 1.165) is 6.42 Å². The van der Waals surface area contributed by atoms with Gasteiger partial charge in [-0.15, -0.1) is 53.8 Å². The zero-order chi connectivity index (χ0) is 17.2. The predicted molar refractivity (Wildman–Crippen MR) is 111 cm³/mol. The molecule has 0 radical (unpaired) electrons. The Morgan fingerprint density at radius 1 is 0.885 bits per heavy atom. The Hall–Kier alpha value is -1.43. The molecule has 128 valence electrons. The van der Waals surface area contributed by atoms with Crippen molar-refractivity contribution < 1.29 is 25.8 Å². The summed E-state index contributed by atoms with van der Waals surface area (Å²) in [7, 11) is 0.0576. The summed E-state index contributed by atoms with van der Waals surface area (Å²) in [5.41, 5.74) is 5.51. The van der Waals surface area contributed by atoms with Gasteiger partial charge in [-0.25, -0.2) is 0 Å². The van der Waals surface area contributed by atoms with E-state index in [1.54, 1.807) is 0 Å². The molecule has 0 fully saturated rings. The van der Waals surface area contributed by atoms with E-state index in [-0.39, 0.29) is 33.8 Å². The second-order valence-electron chi connectivity index (χ2n) is 6.63. The molecule has 0 heterocycles. The molecule has 0 saturated carbocycles. The molecule has 0 N–H and O–H groups in total. The molecule has 1 aliphatic carbocycles. The summed E-state index contributed by atoms with van der Waals surface area (Å²) in [5, 5.41) is 4.26. The van der Waals surface area contributed by atoms with Gasteiger partial charge in [-0.05, 0) is 19.8 Å². The number of fused-ring (bicyclic) bond motifs is 4. The van der Waals surface area contributed by atoms with Crippen LogP contribution in [0, 0.1) is 6.07 Å². The molecule has 0 aromatic heterocycles. The van der Waals surface area contributed by atoms with Crippen LogP contribution < -0.4 is 5.30 Å². The molecule has 5 rings (SSSR count). The van der Waals surface area contributed by atoms with Gasteiger partial charge in [0.05, 0.1) is 0 Å². The third-order valence-electron chi connectivity index (χ3n) is 4.74. The molecule has 1 aliphatic rings. The first-order valence-electron chi connectivity index (χ1n) is 8.63. The molecule has 0 nitrogen and oxygen atoms in total. The van der Waals surface area contributed by atoms with Crippen LogP contribution in [0.15, 0.2) is 78.9 Å². The number of hydrogen-bond acceptors (Lipinski definition) is 0. The Bertz CT molecular complexity index is 937. The first-order valence-corrected chi connectivity index (χ1v) is 10.9. The van der Waals surface area contributed by atoms with Crippen LogP contribution >= 0.6 is 7.92 Å². The van der Waals surface area contributed by atoms with Crippen molar-refractivity contribution in [2.75, 3.05) is 13.3 Å². The van der Waals surface area contributed by atoms with Crippen LogP contribution in [0.25, 0.3) is 21.9 Å². The SMILES string of the molecule is CP(C)c1cc2ccccc2[cH-]1.[Hf].[c-]1cccc2c1Cc1ccccc1-2. The van der Waals surface area contributed by atoms with E-state index in [0.29, 0.717) is 0 Å². The van der Waals surface area contributed by atoms with Gasteiger partial charge in [0.25, 0.3) is 0 Å². The average molecular weight is 519 g/mol. The third kappa shape index (κ3) is 3.95. The van der Waals surface area contributed by atoms with Gasteiger partial charge in [-0.1, -0.05) is 41.5 Å². The third-order valence-corrected chi connectivity index (χ3v) is 6.03. The predicted octanol–water partition coefficient (Wildman–Crippen LogP) is 5.98. The molecule has 26 heavy (non-hydrogen) atoms. The van der Waals surface area contributed by atoms with Crippen molar-refractivity contribution in [2.24, 2.45) is 0 Å². The molecule has 4 aromatic rings. The van der Waals surface area contributed by atoms with Gasteiger partial charge in [0.15, 0.2) is 0 Å². The van der Waals surface area contributed by atoms with Crippen molar-refractivity contribution >= 4 is 24.0 Å². The van der Waals surface area contributed by atoms with Gasteiger partial charge in [-0.3, -0.25) is 0 Å². The monoisotopic (exact) mass is 520 g/mol. The number of hydrogen-bond donors (Lipinski definition) is 0. The van der Waals surface area contributed by atoms with E-state index < -0.39 is 0 Å². The normalized spacial score (nSPS) is 11.3. The van der Waals surface area contributed by atoms with Gasteiger partial charge < -0.3 is 0 Å². The summed E-state index contributed by atoms with van der Waals surface area (Å²) < 4.78 is 0. The number of rotatable bonds is 1. The smallest absolute Gasteiger partial charge is 0 e. The van der Waals surface area contributed by atoms with E-state index in [2.05, 4.69) is 92.2 Å². The molecule has 0 unspecified atom stereocenters. The molecule has 0 bridgehead atoms. The molecule has 4 aromatic carbocycles. The maximum absolute atomic E-state index is 3.30. The first kappa shape index (κ1) is 19.3. The van der Waals surface area contributed by atoms with Crippen molar-refractivity contribution in [1.29, 1.82) is 0 Å². The molecule has 0 amide bonds. The summed E-state index contributed by atoms with van der Waals surface area (Å²) in [6.45, 7) is 4.59. The van der Waals surface area contributed by atoms with E-state index in [9.17, 15) is 0 Å². The van der Waals surface area contributed by atoms with Crippen LogP contribution in [0.3, 0.4) is 0 Å². The summed E-state index contributed by atoms with van der Waals surface area (Å²) >= 11 is 0. The van der Waals surface area contributed by atoms with E-state index >= 15 is 0 Å². The minimum atomic E-state index is 0. The van der Waals surface area contributed by atoms with Crippen molar-refractivity contribution in [1.82, 2.24) is 0 Å². The molecule has 0 spiro atoms. The molecular weight excluding hydrogens is 498 g/mol. The summed E-state index contributed by atoms with van der Waals surface area (Å²) in [6, 6.07) is 31.3. The van der Waals surface area contributed by atoms with Gasteiger partial charge >= 0.3 is 0 Å². The van der Waals surface area contributed by atoms with Crippen LogP contribution in [-0.2, 0) is 32.3 Å². The maximum atomic E-state index is 3.30. The second kappa shape index (κ2) is 8.51. The van der Waals surface area contributed by atoms with E-state index in [1.165, 1.54) is 38.3 Å². The van der Waals surface area contributed by atoms with Gasteiger partial charge in [0, 0.05) is 25.8 Å². The Kier molecular flexibility index (Phi) is 6.33. The summed E-state index contributed by atoms with van der Waals surface area (Å²) in [4.78, 5) is 0. The maximum Gasteiger partial charge on any atom is 0 e. The summed E-state index contributed by atoms with van der Waals surface area (Å²) in [6.07, 6.45) is 1.05. The largest absolute Gasteiger partial charge is 0.179 e. The van der Waals surface area contributed by atoms with Crippen LogP contribution in [0.2, 0.25) is 0 Å². The minimum Gasteiger partial charge on any atom is -0.179 e. The average Bonchev–Trinajstić information content (AvgIpc) is 3.24.